The highest BCUT2D eigenvalue weighted by Crippen LogP contribution is 2.14. The second-order valence-corrected chi connectivity index (χ2v) is 7.30. The number of carbonyl (C=O) groups is 1. The Hall–Kier alpha value is -1.37. The van der Waals surface area contributed by atoms with Gasteiger partial charge < -0.3 is 9.88 Å². The van der Waals surface area contributed by atoms with Gasteiger partial charge in [-0.15, -0.1) is 0 Å². The van der Waals surface area contributed by atoms with Crippen LogP contribution in [0, 0.1) is 6.92 Å². The number of aryl methyl sites for hydroxylation is 1. The maximum absolute atomic E-state index is 12.1. The molecule has 1 aromatic rings. The Labute approximate surface area is 113 Å². The summed E-state index contributed by atoms with van der Waals surface area (Å²) in [7, 11) is -2.89. The van der Waals surface area contributed by atoms with E-state index in [1.165, 1.54) is 0 Å². The summed E-state index contributed by atoms with van der Waals surface area (Å²) in [5.41, 5.74) is 0. The van der Waals surface area contributed by atoms with Crippen LogP contribution in [0.25, 0.3) is 0 Å². The molecular formula is C12H19N3O3S. The summed E-state index contributed by atoms with van der Waals surface area (Å²) in [6.07, 6.45) is 4.44. The van der Waals surface area contributed by atoms with E-state index < -0.39 is 9.84 Å². The standard InChI is InChI=1S/C12H19N3O3S/c1-9(15-6-5-13-10(15)2)12(16)14-11-3-7-19(17,18)8-4-11/h5-6,9,11H,3-4,7-8H2,1-2H3,(H,14,16)/t9-/m0/s1. The fourth-order valence-corrected chi connectivity index (χ4v) is 3.77. The molecule has 1 aromatic heterocycles. The smallest absolute Gasteiger partial charge is 0.243 e. The lowest BCUT2D eigenvalue weighted by molar-refractivity contribution is -0.124. The molecular weight excluding hydrogens is 266 g/mol. The largest absolute Gasteiger partial charge is 0.352 e. The lowest BCUT2D eigenvalue weighted by atomic mass is 10.1. The topological polar surface area (TPSA) is 81.1 Å². The summed E-state index contributed by atoms with van der Waals surface area (Å²) in [5, 5.41) is 2.92. The molecule has 1 saturated heterocycles. The van der Waals surface area contributed by atoms with Gasteiger partial charge in [0, 0.05) is 18.4 Å². The third-order valence-electron chi connectivity index (χ3n) is 3.56. The van der Waals surface area contributed by atoms with E-state index in [1.54, 1.807) is 17.0 Å². The van der Waals surface area contributed by atoms with E-state index >= 15 is 0 Å². The van der Waals surface area contributed by atoms with Crippen molar-refractivity contribution >= 4 is 15.7 Å². The molecule has 0 aliphatic carbocycles. The third-order valence-corrected chi connectivity index (χ3v) is 5.28. The zero-order valence-electron chi connectivity index (χ0n) is 11.2. The number of nitrogens with one attached hydrogen (secondary N) is 1. The number of hydrogen-bond acceptors (Lipinski definition) is 4. The van der Waals surface area contributed by atoms with Gasteiger partial charge >= 0.3 is 0 Å². The summed E-state index contributed by atoms with van der Waals surface area (Å²) in [5.74, 6) is 1.02. The summed E-state index contributed by atoms with van der Waals surface area (Å²) in [4.78, 5) is 16.2. The Morgan fingerprint density at radius 3 is 2.63 bits per heavy atom. The molecule has 2 rings (SSSR count). The number of carbonyl (C=O) groups excluding carboxylic acids is 1. The molecule has 1 aliphatic rings. The lowest BCUT2D eigenvalue weighted by Gasteiger charge is -2.25. The highest BCUT2D eigenvalue weighted by molar-refractivity contribution is 7.91. The molecule has 1 atom stereocenters. The quantitative estimate of drug-likeness (QED) is 0.874. The van der Waals surface area contributed by atoms with Crippen molar-refractivity contribution in [3.63, 3.8) is 0 Å². The Bertz CT molecular complexity index is 551. The Kier molecular flexibility index (Phi) is 3.93. The molecule has 6 nitrogen and oxygen atoms in total. The molecule has 1 aliphatic heterocycles. The van der Waals surface area contributed by atoms with Gasteiger partial charge in [-0.2, -0.15) is 0 Å². The van der Waals surface area contributed by atoms with Crippen molar-refractivity contribution in [2.75, 3.05) is 11.5 Å². The first-order valence-corrected chi connectivity index (χ1v) is 8.21. The van der Waals surface area contributed by atoms with E-state index in [0.29, 0.717) is 12.8 Å². The molecule has 0 saturated carbocycles. The number of nitrogens with zero attached hydrogens (tertiary/aromatic N) is 2. The summed E-state index contributed by atoms with van der Waals surface area (Å²) in [6, 6.07) is -0.372. The SMILES string of the molecule is Cc1nccn1[C@@H](C)C(=O)NC1CCS(=O)(=O)CC1. The molecule has 1 fully saturated rings. The normalized spacial score (nSPS) is 20.9. The van der Waals surface area contributed by atoms with Gasteiger partial charge in [0.05, 0.1) is 11.5 Å². The molecule has 0 radical (unpaired) electrons. The minimum absolute atomic E-state index is 0.0395. The van der Waals surface area contributed by atoms with E-state index in [1.807, 2.05) is 13.8 Å². The molecule has 0 spiro atoms. The van der Waals surface area contributed by atoms with Crippen molar-refractivity contribution in [3.05, 3.63) is 18.2 Å². The first kappa shape index (κ1) is 14.0. The summed E-state index contributed by atoms with van der Waals surface area (Å²) >= 11 is 0. The molecule has 19 heavy (non-hydrogen) atoms. The van der Waals surface area contributed by atoms with Crippen molar-refractivity contribution in [2.24, 2.45) is 0 Å². The average molecular weight is 285 g/mol. The van der Waals surface area contributed by atoms with Gasteiger partial charge in [0.1, 0.15) is 21.7 Å². The molecule has 0 bridgehead atoms. The van der Waals surface area contributed by atoms with Crippen molar-refractivity contribution in [1.29, 1.82) is 0 Å². The van der Waals surface area contributed by atoms with Crippen LogP contribution in [0.2, 0.25) is 0 Å². The lowest BCUT2D eigenvalue weighted by Crippen LogP contribution is -2.43. The highest BCUT2D eigenvalue weighted by atomic mass is 32.2. The van der Waals surface area contributed by atoms with Crippen LogP contribution in [0.15, 0.2) is 12.4 Å². The van der Waals surface area contributed by atoms with E-state index in [0.717, 1.165) is 5.82 Å². The van der Waals surface area contributed by atoms with E-state index in [-0.39, 0.29) is 29.5 Å². The van der Waals surface area contributed by atoms with Crippen molar-refractivity contribution in [2.45, 2.75) is 38.8 Å². The number of aromatic nitrogens is 2. The van der Waals surface area contributed by atoms with Crippen LogP contribution in [0.4, 0.5) is 0 Å². The first-order valence-electron chi connectivity index (χ1n) is 6.39. The summed E-state index contributed by atoms with van der Waals surface area (Å²) in [6.45, 7) is 3.65. The van der Waals surface area contributed by atoms with Gasteiger partial charge in [-0.3, -0.25) is 4.79 Å². The molecule has 0 aromatic carbocycles. The number of amides is 1. The van der Waals surface area contributed by atoms with Crippen LogP contribution in [-0.4, -0.2) is 41.4 Å². The van der Waals surface area contributed by atoms with Gasteiger partial charge in [-0.1, -0.05) is 0 Å². The molecule has 1 N–H and O–H groups in total. The van der Waals surface area contributed by atoms with Gasteiger partial charge in [0.2, 0.25) is 5.91 Å². The van der Waals surface area contributed by atoms with Crippen LogP contribution in [0.1, 0.15) is 31.6 Å². The molecule has 1 amide bonds. The minimum atomic E-state index is -2.89. The second-order valence-electron chi connectivity index (χ2n) is 4.99. The Morgan fingerprint density at radius 2 is 2.11 bits per heavy atom. The second kappa shape index (κ2) is 5.32. The maximum Gasteiger partial charge on any atom is 0.243 e. The van der Waals surface area contributed by atoms with Crippen LogP contribution in [0.3, 0.4) is 0 Å². The molecule has 7 heteroatoms. The predicted octanol–water partition coefficient (Wildman–Crippen LogP) is 0.446. The molecule has 2 heterocycles. The Balaban J connectivity index is 1.93. The van der Waals surface area contributed by atoms with Crippen molar-refractivity contribution in [1.82, 2.24) is 14.9 Å². The first-order chi connectivity index (χ1) is 8.89. The van der Waals surface area contributed by atoms with Gasteiger partial charge in [0.15, 0.2) is 0 Å². The number of hydrogen-bond donors (Lipinski definition) is 1. The monoisotopic (exact) mass is 285 g/mol. The number of sulfone groups is 1. The third kappa shape index (κ3) is 3.34. The van der Waals surface area contributed by atoms with Gasteiger partial charge in [0.25, 0.3) is 0 Å². The summed E-state index contributed by atoms with van der Waals surface area (Å²) < 4.78 is 24.4. The van der Waals surface area contributed by atoms with Gasteiger partial charge in [-0.05, 0) is 26.7 Å². The molecule has 0 unspecified atom stereocenters. The Morgan fingerprint density at radius 1 is 1.47 bits per heavy atom. The van der Waals surface area contributed by atoms with Crippen molar-refractivity contribution in [3.8, 4) is 0 Å². The van der Waals surface area contributed by atoms with Crippen molar-refractivity contribution < 1.29 is 13.2 Å². The van der Waals surface area contributed by atoms with E-state index in [4.69, 9.17) is 0 Å². The zero-order chi connectivity index (χ0) is 14.0. The zero-order valence-corrected chi connectivity index (χ0v) is 12.0. The van der Waals surface area contributed by atoms with E-state index in [9.17, 15) is 13.2 Å². The number of rotatable bonds is 3. The number of imidazole rings is 1. The highest BCUT2D eigenvalue weighted by Gasteiger charge is 2.26. The van der Waals surface area contributed by atoms with Crippen LogP contribution >= 0.6 is 0 Å². The van der Waals surface area contributed by atoms with Crippen LogP contribution < -0.4 is 5.32 Å². The van der Waals surface area contributed by atoms with Gasteiger partial charge in [-0.25, -0.2) is 13.4 Å². The van der Waals surface area contributed by atoms with E-state index in [2.05, 4.69) is 10.3 Å². The molecule has 106 valence electrons. The minimum Gasteiger partial charge on any atom is -0.352 e. The maximum atomic E-state index is 12.1. The fraction of sp³-hybridized carbons (Fsp3) is 0.667. The van der Waals surface area contributed by atoms with Crippen LogP contribution in [-0.2, 0) is 14.6 Å². The fourth-order valence-electron chi connectivity index (χ4n) is 2.28. The average Bonchev–Trinajstić information content (AvgIpc) is 2.77. The van der Waals surface area contributed by atoms with Crippen LogP contribution in [0.5, 0.6) is 0 Å². The predicted molar refractivity (Wildman–Crippen MR) is 71.5 cm³/mol.